The third kappa shape index (κ3) is 4.85. The summed E-state index contributed by atoms with van der Waals surface area (Å²) >= 11 is 0. The van der Waals surface area contributed by atoms with Gasteiger partial charge in [-0.15, -0.1) is 0 Å². The zero-order valence-electron chi connectivity index (χ0n) is 16.2. The summed E-state index contributed by atoms with van der Waals surface area (Å²) in [5, 5.41) is 4.00. The maximum absolute atomic E-state index is 12.2. The number of pyridine rings is 1. The van der Waals surface area contributed by atoms with Crippen molar-refractivity contribution in [1.29, 1.82) is 0 Å². The predicted molar refractivity (Wildman–Crippen MR) is 109 cm³/mol. The molecule has 0 saturated heterocycles. The van der Waals surface area contributed by atoms with Gasteiger partial charge in [-0.25, -0.2) is 0 Å². The lowest BCUT2D eigenvalue weighted by molar-refractivity contribution is -0.123. The van der Waals surface area contributed by atoms with Crippen molar-refractivity contribution < 1.29 is 9.53 Å². The fourth-order valence-corrected chi connectivity index (χ4v) is 3.06. The fraction of sp³-hybridized carbons (Fsp3) is 0.304. The number of carbonyl (C=O) groups is 1. The summed E-state index contributed by atoms with van der Waals surface area (Å²) in [6, 6.07) is 18.0. The summed E-state index contributed by atoms with van der Waals surface area (Å²) in [6.07, 6.45) is 1.10. The van der Waals surface area contributed by atoms with Crippen LogP contribution >= 0.6 is 0 Å². The van der Waals surface area contributed by atoms with E-state index in [0.717, 1.165) is 28.6 Å². The summed E-state index contributed by atoms with van der Waals surface area (Å²) in [6.45, 7) is 6.80. The average Bonchev–Trinajstić information content (AvgIpc) is 2.70. The Labute approximate surface area is 160 Å². The Balaban J connectivity index is 1.56. The first-order valence-electron chi connectivity index (χ1n) is 9.41. The molecule has 0 fully saturated rings. The van der Waals surface area contributed by atoms with E-state index in [0.29, 0.717) is 18.2 Å². The van der Waals surface area contributed by atoms with Gasteiger partial charge in [-0.1, -0.05) is 44.2 Å². The number of nitrogens with zero attached hydrogens (tertiary/aromatic N) is 1. The van der Waals surface area contributed by atoms with E-state index < -0.39 is 0 Å². The van der Waals surface area contributed by atoms with Crippen molar-refractivity contribution in [3.8, 4) is 5.75 Å². The van der Waals surface area contributed by atoms with Crippen LogP contribution in [0, 0.1) is 6.92 Å². The molecule has 3 aromatic rings. The van der Waals surface area contributed by atoms with Crippen LogP contribution in [0.3, 0.4) is 0 Å². The Morgan fingerprint density at radius 3 is 2.63 bits per heavy atom. The molecule has 4 heteroatoms. The lowest BCUT2D eigenvalue weighted by atomic mass is 9.99. The molecule has 4 nitrogen and oxygen atoms in total. The molecule has 0 aliphatic carbocycles. The minimum Gasteiger partial charge on any atom is -0.484 e. The Kier molecular flexibility index (Phi) is 6.07. The smallest absolute Gasteiger partial charge is 0.258 e. The lowest BCUT2D eigenvalue weighted by Crippen LogP contribution is -2.28. The number of nitrogens with one attached hydrogen (secondary N) is 1. The molecule has 140 valence electrons. The third-order valence-electron chi connectivity index (χ3n) is 4.84. The average molecular weight is 362 g/mol. The van der Waals surface area contributed by atoms with Gasteiger partial charge in [0.2, 0.25) is 0 Å². The van der Waals surface area contributed by atoms with Crippen LogP contribution < -0.4 is 10.1 Å². The van der Waals surface area contributed by atoms with Crippen LogP contribution in [0.5, 0.6) is 5.75 Å². The Bertz CT molecular complexity index is 919. The number of amides is 1. The van der Waals surface area contributed by atoms with Gasteiger partial charge in [-0.3, -0.25) is 9.78 Å². The molecule has 0 spiro atoms. The van der Waals surface area contributed by atoms with Gasteiger partial charge < -0.3 is 10.1 Å². The van der Waals surface area contributed by atoms with Crippen molar-refractivity contribution in [2.45, 2.75) is 39.7 Å². The quantitative estimate of drug-likeness (QED) is 0.660. The normalized spacial score (nSPS) is 12.0. The van der Waals surface area contributed by atoms with Gasteiger partial charge in [0.15, 0.2) is 6.61 Å². The van der Waals surface area contributed by atoms with E-state index in [-0.39, 0.29) is 12.5 Å². The summed E-state index contributed by atoms with van der Waals surface area (Å²) in [5.74, 6) is 1.10. The molecular weight excluding hydrogens is 336 g/mol. The molecule has 0 radical (unpaired) electrons. The van der Waals surface area contributed by atoms with Crippen molar-refractivity contribution in [3.63, 3.8) is 0 Å². The third-order valence-corrected chi connectivity index (χ3v) is 4.84. The number of hydrogen-bond donors (Lipinski definition) is 1. The topological polar surface area (TPSA) is 51.2 Å². The standard InChI is InChI=1S/C23H26N2O2/c1-4-16(2)18-9-11-20(12-10-18)27-15-23(26)24-14-19-13-17(3)25-22-8-6-5-7-21(19)22/h5-13,16H,4,14-15H2,1-3H3,(H,24,26)/t16-/m0/s1. The molecule has 0 aliphatic heterocycles. The highest BCUT2D eigenvalue weighted by Gasteiger charge is 2.08. The van der Waals surface area contributed by atoms with Crippen molar-refractivity contribution in [2.75, 3.05) is 6.61 Å². The highest BCUT2D eigenvalue weighted by Crippen LogP contribution is 2.21. The van der Waals surface area contributed by atoms with Crippen molar-refractivity contribution in [3.05, 3.63) is 71.4 Å². The van der Waals surface area contributed by atoms with Crippen molar-refractivity contribution in [1.82, 2.24) is 10.3 Å². The monoisotopic (exact) mass is 362 g/mol. The molecular formula is C23H26N2O2. The first kappa shape index (κ1) is 18.9. The maximum atomic E-state index is 12.2. The molecule has 0 bridgehead atoms. The second kappa shape index (κ2) is 8.67. The zero-order chi connectivity index (χ0) is 19.2. The summed E-state index contributed by atoms with van der Waals surface area (Å²) in [5.41, 5.74) is 4.23. The van der Waals surface area contributed by atoms with E-state index in [9.17, 15) is 4.79 Å². The molecule has 0 saturated carbocycles. The van der Waals surface area contributed by atoms with Crippen LogP contribution in [-0.4, -0.2) is 17.5 Å². The first-order chi connectivity index (χ1) is 13.1. The van der Waals surface area contributed by atoms with E-state index in [2.05, 4.69) is 36.3 Å². The van der Waals surface area contributed by atoms with Gasteiger partial charge in [-0.2, -0.15) is 0 Å². The highest BCUT2D eigenvalue weighted by atomic mass is 16.5. The summed E-state index contributed by atoms with van der Waals surface area (Å²) in [4.78, 5) is 16.7. The van der Waals surface area contributed by atoms with Gasteiger partial charge in [0, 0.05) is 17.6 Å². The van der Waals surface area contributed by atoms with Crippen LogP contribution in [0.4, 0.5) is 0 Å². The molecule has 1 aromatic heterocycles. The molecule has 1 N–H and O–H groups in total. The molecule has 3 rings (SSSR count). The number of fused-ring (bicyclic) bond motifs is 1. The van der Waals surface area contributed by atoms with Crippen LogP contribution in [0.1, 0.15) is 43.0 Å². The SMILES string of the molecule is CC[C@H](C)c1ccc(OCC(=O)NCc2cc(C)nc3ccccc23)cc1. The van der Waals surface area contributed by atoms with Gasteiger partial charge in [0.05, 0.1) is 5.52 Å². The number of hydrogen-bond acceptors (Lipinski definition) is 3. The fourth-order valence-electron chi connectivity index (χ4n) is 3.06. The molecule has 1 amide bonds. The minimum absolute atomic E-state index is 0.00464. The lowest BCUT2D eigenvalue weighted by Gasteiger charge is -2.12. The van der Waals surface area contributed by atoms with Crippen LogP contribution in [-0.2, 0) is 11.3 Å². The largest absolute Gasteiger partial charge is 0.484 e. The summed E-state index contributed by atoms with van der Waals surface area (Å²) in [7, 11) is 0. The van der Waals surface area contributed by atoms with Gasteiger partial charge in [0.25, 0.3) is 5.91 Å². The number of aromatic nitrogens is 1. The highest BCUT2D eigenvalue weighted by molar-refractivity contribution is 5.83. The molecule has 0 unspecified atom stereocenters. The predicted octanol–water partition coefficient (Wildman–Crippen LogP) is 4.75. The van der Waals surface area contributed by atoms with E-state index in [4.69, 9.17) is 4.74 Å². The summed E-state index contributed by atoms with van der Waals surface area (Å²) < 4.78 is 5.61. The molecule has 2 aromatic carbocycles. The number of carbonyl (C=O) groups excluding carboxylic acids is 1. The number of rotatable bonds is 7. The van der Waals surface area contributed by atoms with Gasteiger partial charge in [-0.05, 0) is 54.7 Å². The van der Waals surface area contributed by atoms with E-state index in [1.54, 1.807) is 0 Å². The zero-order valence-corrected chi connectivity index (χ0v) is 16.2. The van der Waals surface area contributed by atoms with Gasteiger partial charge in [0.1, 0.15) is 5.75 Å². The number of ether oxygens (including phenoxy) is 1. The Morgan fingerprint density at radius 1 is 1.15 bits per heavy atom. The minimum atomic E-state index is -0.139. The van der Waals surface area contributed by atoms with E-state index in [1.807, 2.05) is 49.4 Å². The molecule has 1 heterocycles. The van der Waals surface area contributed by atoms with Crippen molar-refractivity contribution in [2.24, 2.45) is 0 Å². The van der Waals surface area contributed by atoms with Crippen molar-refractivity contribution >= 4 is 16.8 Å². The Hall–Kier alpha value is -2.88. The van der Waals surface area contributed by atoms with Crippen LogP contribution in [0.2, 0.25) is 0 Å². The second-order valence-corrected chi connectivity index (χ2v) is 6.88. The van der Waals surface area contributed by atoms with E-state index in [1.165, 1.54) is 5.56 Å². The van der Waals surface area contributed by atoms with E-state index >= 15 is 0 Å². The molecule has 0 aliphatic rings. The number of para-hydroxylation sites is 1. The van der Waals surface area contributed by atoms with Crippen LogP contribution in [0.15, 0.2) is 54.6 Å². The number of benzene rings is 2. The Morgan fingerprint density at radius 2 is 1.89 bits per heavy atom. The molecule has 27 heavy (non-hydrogen) atoms. The second-order valence-electron chi connectivity index (χ2n) is 6.88. The maximum Gasteiger partial charge on any atom is 0.258 e. The van der Waals surface area contributed by atoms with Gasteiger partial charge >= 0.3 is 0 Å². The number of aryl methyl sites for hydroxylation is 1. The first-order valence-corrected chi connectivity index (χ1v) is 9.41. The van der Waals surface area contributed by atoms with Crippen LogP contribution in [0.25, 0.3) is 10.9 Å². The molecule has 1 atom stereocenters.